The molecule has 0 aliphatic heterocycles. The zero-order valence-corrected chi connectivity index (χ0v) is 7.89. The van der Waals surface area contributed by atoms with Gasteiger partial charge in [0.05, 0.1) is 0 Å². The van der Waals surface area contributed by atoms with Crippen LogP contribution in [-0.2, 0) is 0 Å². The highest BCUT2D eigenvalue weighted by molar-refractivity contribution is 5.16. The Morgan fingerprint density at radius 1 is 1.45 bits per heavy atom. The maximum Gasteiger partial charge on any atom is 0.0470 e. The van der Waals surface area contributed by atoms with Crippen molar-refractivity contribution >= 4 is 0 Å². The van der Waals surface area contributed by atoms with Crippen LogP contribution >= 0.6 is 0 Å². The fourth-order valence-corrected chi connectivity index (χ4v) is 1.83. The monoisotopic (exact) mass is 154 g/mol. The van der Waals surface area contributed by atoms with E-state index in [1.165, 1.54) is 5.57 Å². The number of aliphatic hydroxyl groups excluding tert-OH is 1. The van der Waals surface area contributed by atoms with E-state index in [0.29, 0.717) is 23.9 Å². The van der Waals surface area contributed by atoms with Crippen LogP contribution in [0, 0.1) is 17.3 Å². The molecule has 1 saturated carbocycles. The number of rotatable bonds is 2. The highest BCUT2D eigenvalue weighted by Crippen LogP contribution is 2.58. The Balaban J connectivity index is 2.59. The Kier molecular flexibility index (Phi) is 2.10. The molecule has 0 amide bonds. The molecule has 11 heavy (non-hydrogen) atoms. The van der Waals surface area contributed by atoms with E-state index in [9.17, 15) is 0 Å². The molecule has 0 aromatic carbocycles. The second kappa shape index (κ2) is 2.63. The maximum absolute atomic E-state index is 9.00. The van der Waals surface area contributed by atoms with E-state index >= 15 is 0 Å². The van der Waals surface area contributed by atoms with E-state index in [1.807, 2.05) is 0 Å². The Morgan fingerprint density at radius 2 is 2.00 bits per heavy atom. The first-order valence-corrected chi connectivity index (χ1v) is 4.26. The van der Waals surface area contributed by atoms with Crippen molar-refractivity contribution in [2.45, 2.75) is 27.7 Å². The van der Waals surface area contributed by atoms with Gasteiger partial charge in [-0.25, -0.2) is 0 Å². The van der Waals surface area contributed by atoms with Gasteiger partial charge in [0.1, 0.15) is 0 Å². The molecule has 0 saturated heterocycles. The molecule has 0 aromatic rings. The van der Waals surface area contributed by atoms with E-state index in [2.05, 4.69) is 33.8 Å². The van der Waals surface area contributed by atoms with E-state index < -0.39 is 0 Å². The van der Waals surface area contributed by atoms with Gasteiger partial charge >= 0.3 is 0 Å². The second-order valence-electron chi connectivity index (χ2n) is 4.38. The summed E-state index contributed by atoms with van der Waals surface area (Å²) in [6.45, 7) is 9.00. The van der Waals surface area contributed by atoms with Crippen LogP contribution in [0.25, 0.3) is 0 Å². The summed E-state index contributed by atoms with van der Waals surface area (Å²) in [5, 5.41) is 9.00. The average Bonchev–Trinajstić information content (AvgIpc) is 2.33. The van der Waals surface area contributed by atoms with Crippen molar-refractivity contribution in [1.82, 2.24) is 0 Å². The predicted molar refractivity (Wildman–Crippen MR) is 47.3 cm³/mol. The van der Waals surface area contributed by atoms with Gasteiger partial charge in [-0.05, 0) is 31.1 Å². The van der Waals surface area contributed by atoms with Crippen molar-refractivity contribution in [3.63, 3.8) is 0 Å². The van der Waals surface area contributed by atoms with Crippen LogP contribution in [0.2, 0.25) is 0 Å². The van der Waals surface area contributed by atoms with E-state index in [-0.39, 0.29) is 0 Å². The standard InChI is InChI=1S/C10H18O/c1-7(2)5-8-9(6-11)10(8,3)4/h5,8-9,11H,6H2,1-4H3/t8-,9-/m0/s1. The molecule has 1 N–H and O–H groups in total. The van der Waals surface area contributed by atoms with Crippen molar-refractivity contribution in [3.8, 4) is 0 Å². The van der Waals surface area contributed by atoms with E-state index in [0.717, 1.165) is 0 Å². The first kappa shape index (κ1) is 8.79. The van der Waals surface area contributed by atoms with Gasteiger partial charge in [-0.3, -0.25) is 0 Å². The molecule has 0 heterocycles. The molecule has 1 nitrogen and oxygen atoms in total. The number of hydrogen-bond donors (Lipinski definition) is 1. The molecule has 1 rings (SSSR count). The molecular weight excluding hydrogens is 136 g/mol. The summed E-state index contributed by atoms with van der Waals surface area (Å²) in [4.78, 5) is 0. The lowest BCUT2D eigenvalue weighted by molar-refractivity contribution is 0.256. The van der Waals surface area contributed by atoms with Gasteiger partial charge in [0.2, 0.25) is 0 Å². The fourth-order valence-electron chi connectivity index (χ4n) is 1.83. The molecule has 0 spiro atoms. The van der Waals surface area contributed by atoms with Gasteiger partial charge in [0.15, 0.2) is 0 Å². The van der Waals surface area contributed by atoms with Gasteiger partial charge in [-0.15, -0.1) is 0 Å². The van der Waals surface area contributed by atoms with Crippen molar-refractivity contribution in [2.75, 3.05) is 6.61 Å². The third-order valence-electron chi connectivity index (χ3n) is 2.85. The minimum Gasteiger partial charge on any atom is -0.396 e. The zero-order valence-electron chi connectivity index (χ0n) is 7.89. The van der Waals surface area contributed by atoms with E-state index in [1.54, 1.807) is 0 Å². The largest absolute Gasteiger partial charge is 0.396 e. The van der Waals surface area contributed by atoms with Crippen LogP contribution in [0.15, 0.2) is 11.6 Å². The highest BCUT2D eigenvalue weighted by atomic mass is 16.3. The molecule has 0 unspecified atom stereocenters. The van der Waals surface area contributed by atoms with Crippen LogP contribution in [0.4, 0.5) is 0 Å². The summed E-state index contributed by atoms with van der Waals surface area (Å²) < 4.78 is 0. The van der Waals surface area contributed by atoms with E-state index in [4.69, 9.17) is 5.11 Å². The minimum atomic E-state index is 0.335. The second-order valence-corrected chi connectivity index (χ2v) is 4.38. The first-order chi connectivity index (χ1) is 5.00. The lowest BCUT2D eigenvalue weighted by atomic mass is 10.1. The molecule has 1 heteroatoms. The SMILES string of the molecule is CC(C)=C[C@H]1[C@H](CO)C1(C)C. The normalized spacial score (nSPS) is 33.2. The molecule has 1 aliphatic carbocycles. The Labute approximate surface area is 69.1 Å². The quantitative estimate of drug-likeness (QED) is 0.605. The lowest BCUT2D eigenvalue weighted by Crippen LogP contribution is -1.93. The Bertz CT molecular complexity index is 175. The molecule has 0 aromatic heterocycles. The fraction of sp³-hybridized carbons (Fsp3) is 0.800. The summed E-state index contributed by atoms with van der Waals surface area (Å²) in [5.41, 5.74) is 1.70. The summed E-state index contributed by atoms with van der Waals surface area (Å²) in [7, 11) is 0. The molecule has 0 radical (unpaired) electrons. The predicted octanol–water partition coefficient (Wildman–Crippen LogP) is 2.22. The number of aliphatic hydroxyl groups is 1. The van der Waals surface area contributed by atoms with Gasteiger partial charge in [0, 0.05) is 6.61 Å². The van der Waals surface area contributed by atoms with Crippen molar-refractivity contribution in [1.29, 1.82) is 0 Å². The molecule has 1 aliphatic rings. The number of hydrogen-bond acceptors (Lipinski definition) is 1. The third-order valence-corrected chi connectivity index (χ3v) is 2.85. The van der Waals surface area contributed by atoms with Gasteiger partial charge in [-0.2, -0.15) is 0 Å². The summed E-state index contributed by atoms with van der Waals surface area (Å²) >= 11 is 0. The van der Waals surface area contributed by atoms with Crippen LogP contribution in [-0.4, -0.2) is 11.7 Å². The van der Waals surface area contributed by atoms with Crippen LogP contribution in [0.5, 0.6) is 0 Å². The van der Waals surface area contributed by atoms with Crippen molar-refractivity contribution < 1.29 is 5.11 Å². The number of allylic oxidation sites excluding steroid dienone is 2. The van der Waals surface area contributed by atoms with Crippen LogP contribution in [0.3, 0.4) is 0 Å². The first-order valence-electron chi connectivity index (χ1n) is 4.26. The summed E-state index contributed by atoms with van der Waals surface area (Å²) in [5.74, 6) is 1.11. The molecule has 64 valence electrons. The summed E-state index contributed by atoms with van der Waals surface area (Å²) in [6, 6.07) is 0. The molecule has 1 fully saturated rings. The Hall–Kier alpha value is -0.300. The van der Waals surface area contributed by atoms with Crippen molar-refractivity contribution in [3.05, 3.63) is 11.6 Å². The summed E-state index contributed by atoms with van der Waals surface area (Å²) in [6.07, 6.45) is 2.28. The Morgan fingerprint density at radius 3 is 2.27 bits per heavy atom. The maximum atomic E-state index is 9.00. The van der Waals surface area contributed by atoms with Crippen molar-refractivity contribution in [2.24, 2.45) is 17.3 Å². The zero-order chi connectivity index (χ0) is 8.65. The smallest absolute Gasteiger partial charge is 0.0470 e. The minimum absolute atomic E-state index is 0.335. The average molecular weight is 154 g/mol. The third kappa shape index (κ3) is 1.48. The van der Waals surface area contributed by atoms with Crippen LogP contribution in [0.1, 0.15) is 27.7 Å². The van der Waals surface area contributed by atoms with Gasteiger partial charge in [0.25, 0.3) is 0 Å². The molecular formula is C10H18O. The topological polar surface area (TPSA) is 20.2 Å². The highest BCUT2D eigenvalue weighted by Gasteiger charge is 2.55. The van der Waals surface area contributed by atoms with Gasteiger partial charge < -0.3 is 5.11 Å². The molecule has 2 atom stereocenters. The molecule has 0 bridgehead atoms. The van der Waals surface area contributed by atoms with Crippen LogP contribution < -0.4 is 0 Å². The van der Waals surface area contributed by atoms with Gasteiger partial charge in [-0.1, -0.05) is 25.5 Å². The lowest BCUT2D eigenvalue weighted by Gasteiger charge is -1.97.